The van der Waals surface area contributed by atoms with Gasteiger partial charge in [-0.2, -0.15) is 0 Å². The average Bonchev–Trinajstić information content (AvgIpc) is 3.15. The first-order valence-electron chi connectivity index (χ1n) is 6.14. The third-order valence-electron chi connectivity index (χ3n) is 3.51. The minimum Gasteiger partial charge on any atom is -0.345 e. The summed E-state index contributed by atoms with van der Waals surface area (Å²) in [6, 6.07) is 2.53. The maximum Gasteiger partial charge on any atom is 0.189 e. The van der Waals surface area contributed by atoms with Crippen LogP contribution in [0.3, 0.4) is 0 Å². The Morgan fingerprint density at radius 2 is 2.11 bits per heavy atom. The van der Waals surface area contributed by atoms with Gasteiger partial charge in [0.25, 0.3) is 0 Å². The molecular formula is C14H13F2NO. The van der Waals surface area contributed by atoms with Crippen molar-refractivity contribution in [1.82, 2.24) is 4.57 Å². The predicted molar refractivity (Wildman–Crippen MR) is 65.8 cm³/mol. The van der Waals surface area contributed by atoms with Crippen molar-refractivity contribution in [3.8, 4) is 0 Å². The molecule has 4 heteroatoms. The highest BCUT2D eigenvalue weighted by atomic mass is 19.1. The molecule has 0 bridgehead atoms. The minimum atomic E-state index is -0.589. The molecule has 0 radical (unpaired) electrons. The van der Waals surface area contributed by atoms with Crippen LogP contribution in [0.4, 0.5) is 8.78 Å². The lowest BCUT2D eigenvalue weighted by molar-refractivity contribution is 0.559. The van der Waals surface area contributed by atoms with Crippen molar-refractivity contribution in [2.24, 2.45) is 0 Å². The van der Waals surface area contributed by atoms with Crippen molar-refractivity contribution in [3.63, 3.8) is 0 Å². The van der Waals surface area contributed by atoms with Crippen LogP contribution in [0.15, 0.2) is 23.1 Å². The quantitative estimate of drug-likeness (QED) is 0.801. The van der Waals surface area contributed by atoms with Gasteiger partial charge < -0.3 is 4.57 Å². The first-order chi connectivity index (χ1) is 8.63. The van der Waals surface area contributed by atoms with Crippen LogP contribution in [0.2, 0.25) is 0 Å². The van der Waals surface area contributed by atoms with E-state index in [9.17, 15) is 13.6 Å². The molecule has 1 saturated carbocycles. The zero-order chi connectivity index (χ0) is 12.9. The van der Waals surface area contributed by atoms with Gasteiger partial charge >= 0.3 is 0 Å². The third-order valence-corrected chi connectivity index (χ3v) is 3.51. The van der Waals surface area contributed by atoms with Gasteiger partial charge in [0.1, 0.15) is 5.82 Å². The molecule has 3 rings (SSSR count). The first kappa shape index (κ1) is 11.4. The number of nitrogens with zero attached hydrogens (tertiary/aromatic N) is 1. The van der Waals surface area contributed by atoms with Gasteiger partial charge in [-0.05, 0) is 31.7 Å². The fraction of sp³-hybridized carbons (Fsp3) is 0.357. The third kappa shape index (κ3) is 1.55. The Bertz CT molecular complexity index is 686. The van der Waals surface area contributed by atoms with E-state index in [1.54, 1.807) is 10.8 Å². The van der Waals surface area contributed by atoms with Crippen LogP contribution < -0.4 is 5.43 Å². The summed E-state index contributed by atoms with van der Waals surface area (Å²) in [6.07, 6.45) is 3.20. The number of hydrogen-bond acceptors (Lipinski definition) is 1. The molecule has 1 aromatic heterocycles. The molecule has 18 heavy (non-hydrogen) atoms. The van der Waals surface area contributed by atoms with Gasteiger partial charge in [0.05, 0.1) is 10.9 Å². The Kier molecular flexibility index (Phi) is 2.47. The minimum absolute atomic E-state index is 0.0185. The molecule has 0 aliphatic heterocycles. The normalized spacial score (nSPS) is 15.3. The Morgan fingerprint density at radius 3 is 2.72 bits per heavy atom. The topological polar surface area (TPSA) is 22.0 Å². The molecule has 94 valence electrons. The Labute approximate surface area is 103 Å². The highest BCUT2D eigenvalue weighted by Gasteiger charge is 2.31. The van der Waals surface area contributed by atoms with Gasteiger partial charge in [0, 0.05) is 24.4 Å². The number of aryl methyl sites for hydroxylation is 1. The van der Waals surface area contributed by atoms with E-state index in [0.717, 1.165) is 12.8 Å². The van der Waals surface area contributed by atoms with Crippen LogP contribution in [-0.4, -0.2) is 4.57 Å². The molecule has 0 atom stereocenters. The van der Waals surface area contributed by atoms with Crippen molar-refractivity contribution in [2.75, 3.05) is 0 Å². The zero-order valence-electron chi connectivity index (χ0n) is 10.0. The van der Waals surface area contributed by atoms with Gasteiger partial charge in [-0.15, -0.1) is 0 Å². The van der Waals surface area contributed by atoms with Crippen molar-refractivity contribution >= 4 is 10.9 Å². The first-order valence-corrected chi connectivity index (χ1v) is 6.14. The summed E-state index contributed by atoms with van der Waals surface area (Å²) in [6.45, 7) is 2.41. The summed E-state index contributed by atoms with van der Waals surface area (Å²) < 4.78 is 30.0. The molecular weight excluding hydrogens is 236 g/mol. The molecule has 1 fully saturated rings. The van der Waals surface area contributed by atoms with Crippen LogP contribution in [0.5, 0.6) is 0 Å². The van der Waals surface area contributed by atoms with Gasteiger partial charge in [-0.3, -0.25) is 4.79 Å². The van der Waals surface area contributed by atoms with Crippen molar-refractivity contribution in [3.05, 3.63) is 45.8 Å². The molecule has 1 heterocycles. The summed E-state index contributed by atoms with van der Waals surface area (Å²) in [5.74, 6) is -1.17. The van der Waals surface area contributed by atoms with Gasteiger partial charge in [0.15, 0.2) is 11.2 Å². The molecule has 1 aliphatic rings. The van der Waals surface area contributed by atoms with E-state index in [4.69, 9.17) is 0 Å². The van der Waals surface area contributed by atoms with E-state index in [1.165, 1.54) is 12.1 Å². The highest BCUT2D eigenvalue weighted by molar-refractivity contribution is 5.81. The number of rotatable bonds is 2. The SMILES string of the molecule is CCn1ccc(=O)c2cc(F)c(C3CC3)c(F)c21. The number of benzene rings is 1. The second kappa shape index (κ2) is 3.90. The highest BCUT2D eigenvalue weighted by Crippen LogP contribution is 2.43. The molecule has 2 aromatic rings. The van der Waals surface area contributed by atoms with E-state index in [1.807, 2.05) is 6.92 Å². The summed E-state index contributed by atoms with van der Waals surface area (Å²) in [4.78, 5) is 11.7. The van der Waals surface area contributed by atoms with Gasteiger partial charge in [-0.25, -0.2) is 8.78 Å². The lowest BCUT2D eigenvalue weighted by atomic mass is 10.0. The van der Waals surface area contributed by atoms with Crippen LogP contribution >= 0.6 is 0 Å². The molecule has 2 nitrogen and oxygen atoms in total. The summed E-state index contributed by atoms with van der Waals surface area (Å²) >= 11 is 0. The van der Waals surface area contributed by atoms with Crippen LogP contribution in [0.25, 0.3) is 10.9 Å². The molecule has 1 aliphatic carbocycles. The lowest BCUT2D eigenvalue weighted by Gasteiger charge is -2.12. The van der Waals surface area contributed by atoms with Gasteiger partial charge in [0.2, 0.25) is 0 Å². The average molecular weight is 249 g/mol. The fourth-order valence-corrected chi connectivity index (χ4v) is 2.42. The van der Waals surface area contributed by atoms with E-state index < -0.39 is 11.6 Å². The second-order valence-electron chi connectivity index (χ2n) is 4.72. The van der Waals surface area contributed by atoms with Gasteiger partial charge in [-0.1, -0.05) is 0 Å². The molecule has 0 unspecified atom stereocenters. The van der Waals surface area contributed by atoms with Crippen molar-refractivity contribution < 1.29 is 8.78 Å². The number of hydrogen-bond donors (Lipinski definition) is 0. The Balaban J connectivity index is 2.45. The fourth-order valence-electron chi connectivity index (χ4n) is 2.42. The largest absolute Gasteiger partial charge is 0.345 e. The standard InChI is InChI=1S/C14H13F2NO/c1-2-17-6-5-11(18)9-7-10(15)12(8-3-4-8)13(16)14(9)17/h5-8H,2-4H2,1H3. The summed E-state index contributed by atoms with van der Waals surface area (Å²) in [7, 11) is 0. The molecule has 0 spiro atoms. The van der Waals surface area contributed by atoms with Crippen LogP contribution in [-0.2, 0) is 6.54 Å². The Hall–Kier alpha value is -1.71. The van der Waals surface area contributed by atoms with Crippen LogP contribution in [0, 0.1) is 11.6 Å². The zero-order valence-corrected chi connectivity index (χ0v) is 10.0. The number of halogens is 2. The number of pyridine rings is 1. The number of aromatic nitrogens is 1. The monoisotopic (exact) mass is 249 g/mol. The Morgan fingerprint density at radius 1 is 1.39 bits per heavy atom. The second-order valence-corrected chi connectivity index (χ2v) is 4.72. The summed E-state index contributed by atoms with van der Waals surface area (Å²) in [5, 5.41) is 0.124. The maximum atomic E-state index is 14.4. The maximum absolute atomic E-state index is 14.4. The number of fused-ring (bicyclic) bond motifs is 1. The molecule has 0 saturated heterocycles. The van der Waals surface area contributed by atoms with E-state index in [0.29, 0.717) is 6.54 Å². The molecule has 0 amide bonds. The lowest BCUT2D eigenvalue weighted by Crippen LogP contribution is -2.11. The molecule has 0 N–H and O–H groups in total. The predicted octanol–water partition coefficient (Wildman–Crippen LogP) is 3.18. The van der Waals surface area contributed by atoms with E-state index >= 15 is 0 Å². The molecule has 1 aromatic carbocycles. The smallest absolute Gasteiger partial charge is 0.189 e. The van der Waals surface area contributed by atoms with Crippen molar-refractivity contribution in [1.29, 1.82) is 0 Å². The van der Waals surface area contributed by atoms with E-state index in [-0.39, 0.29) is 27.8 Å². The van der Waals surface area contributed by atoms with Crippen LogP contribution in [0.1, 0.15) is 31.2 Å². The summed E-state index contributed by atoms with van der Waals surface area (Å²) in [5.41, 5.74) is 0.0402. The van der Waals surface area contributed by atoms with E-state index in [2.05, 4.69) is 0 Å². The van der Waals surface area contributed by atoms with Crippen molar-refractivity contribution in [2.45, 2.75) is 32.2 Å².